The second kappa shape index (κ2) is 5.40. The van der Waals surface area contributed by atoms with Gasteiger partial charge in [0, 0.05) is 16.2 Å². The lowest BCUT2D eigenvalue weighted by atomic mass is 10.3. The van der Waals surface area contributed by atoms with E-state index in [-0.39, 0.29) is 10.3 Å². The standard InChI is InChI=1S/C10H5BrCl3N3/c11-6-2-1-5(3-7(6)12)15-8-4-9(13)16-17-10(8)14/h1-4H,(H,15,16). The van der Waals surface area contributed by atoms with Gasteiger partial charge < -0.3 is 5.32 Å². The molecule has 2 aromatic rings. The third-order valence-corrected chi connectivity index (χ3v) is 3.61. The van der Waals surface area contributed by atoms with Crippen LogP contribution in [-0.2, 0) is 0 Å². The van der Waals surface area contributed by atoms with Crippen LogP contribution in [0.3, 0.4) is 0 Å². The summed E-state index contributed by atoms with van der Waals surface area (Å²) >= 11 is 20.9. The van der Waals surface area contributed by atoms with Crippen molar-refractivity contribution < 1.29 is 0 Å². The summed E-state index contributed by atoms with van der Waals surface area (Å²) in [6.45, 7) is 0. The monoisotopic (exact) mass is 351 g/mol. The summed E-state index contributed by atoms with van der Waals surface area (Å²) in [5.74, 6) is 0. The van der Waals surface area contributed by atoms with Crippen molar-refractivity contribution in [3.63, 3.8) is 0 Å². The molecule has 0 atom stereocenters. The van der Waals surface area contributed by atoms with Gasteiger partial charge >= 0.3 is 0 Å². The zero-order valence-corrected chi connectivity index (χ0v) is 12.1. The van der Waals surface area contributed by atoms with Gasteiger partial charge in [0.1, 0.15) is 0 Å². The topological polar surface area (TPSA) is 37.8 Å². The van der Waals surface area contributed by atoms with E-state index in [9.17, 15) is 0 Å². The maximum atomic E-state index is 5.98. The Morgan fingerprint density at radius 2 is 1.82 bits per heavy atom. The van der Waals surface area contributed by atoms with Crippen LogP contribution in [0.2, 0.25) is 15.3 Å². The normalized spacial score (nSPS) is 10.4. The molecule has 2 rings (SSSR count). The average Bonchev–Trinajstić information content (AvgIpc) is 2.29. The van der Waals surface area contributed by atoms with E-state index in [4.69, 9.17) is 34.8 Å². The molecule has 1 N–H and O–H groups in total. The highest BCUT2D eigenvalue weighted by Gasteiger charge is 2.05. The number of hydrogen-bond donors (Lipinski definition) is 1. The van der Waals surface area contributed by atoms with Crippen molar-refractivity contribution in [1.29, 1.82) is 0 Å². The lowest BCUT2D eigenvalue weighted by Gasteiger charge is -2.08. The van der Waals surface area contributed by atoms with E-state index < -0.39 is 0 Å². The van der Waals surface area contributed by atoms with Crippen LogP contribution in [0.1, 0.15) is 0 Å². The number of aromatic nitrogens is 2. The summed E-state index contributed by atoms with van der Waals surface area (Å²) in [5.41, 5.74) is 1.36. The van der Waals surface area contributed by atoms with Crippen molar-refractivity contribution in [3.8, 4) is 0 Å². The molecule has 0 aliphatic heterocycles. The molecule has 1 aromatic heterocycles. The number of rotatable bonds is 2. The molecule has 1 aromatic carbocycles. The minimum Gasteiger partial charge on any atom is -0.353 e. The Labute approximate surface area is 121 Å². The van der Waals surface area contributed by atoms with Gasteiger partial charge in [-0.25, -0.2) is 0 Å². The van der Waals surface area contributed by atoms with Gasteiger partial charge in [-0.15, -0.1) is 10.2 Å². The van der Waals surface area contributed by atoms with Crippen LogP contribution in [-0.4, -0.2) is 10.2 Å². The van der Waals surface area contributed by atoms with Crippen LogP contribution in [0.15, 0.2) is 28.7 Å². The molecule has 0 fully saturated rings. The molecule has 0 saturated heterocycles. The fourth-order valence-electron chi connectivity index (χ4n) is 1.17. The van der Waals surface area contributed by atoms with Gasteiger partial charge in [-0.1, -0.05) is 34.8 Å². The quantitative estimate of drug-likeness (QED) is 0.831. The van der Waals surface area contributed by atoms with Crippen molar-refractivity contribution in [3.05, 3.63) is 44.1 Å². The highest BCUT2D eigenvalue weighted by atomic mass is 79.9. The van der Waals surface area contributed by atoms with Crippen LogP contribution in [0, 0.1) is 0 Å². The number of halogens is 4. The summed E-state index contributed by atoms with van der Waals surface area (Å²) in [7, 11) is 0. The van der Waals surface area contributed by atoms with Gasteiger partial charge in [0.15, 0.2) is 10.3 Å². The Hall–Kier alpha value is -0.550. The second-order valence-corrected chi connectivity index (χ2v) is 5.13. The molecular formula is C10H5BrCl3N3. The third kappa shape index (κ3) is 3.22. The van der Waals surface area contributed by atoms with E-state index in [0.29, 0.717) is 10.7 Å². The van der Waals surface area contributed by atoms with Crippen molar-refractivity contribution >= 4 is 62.1 Å². The first-order chi connectivity index (χ1) is 8.06. The van der Waals surface area contributed by atoms with Gasteiger partial charge in [0.2, 0.25) is 0 Å². The Kier molecular flexibility index (Phi) is 4.09. The zero-order chi connectivity index (χ0) is 12.4. The predicted octanol–water partition coefficient (Wildman–Crippen LogP) is 4.94. The summed E-state index contributed by atoms with van der Waals surface area (Å²) in [5, 5.41) is 11.5. The molecule has 17 heavy (non-hydrogen) atoms. The number of nitrogens with one attached hydrogen (secondary N) is 1. The van der Waals surface area contributed by atoms with Crippen molar-refractivity contribution in [2.24, 2.45) is 0 Å². The minimum atomic E-state index is 0.244. The van der Waals surface area contributed by atoms with Gasteiger partial charge in [-0.2, -0.15) is 0 Å². The Bertz CT molecular complexity index is 562. The third-order valence-electron chi connectivity index (χ3n) is 1.92. The molecule has 0 saturated carbocycles. The lowest BCUT2D eigenvalue weighted by molar-refractivity contribution is 1.03. The summed E-state index contributed by atoms with van der Waals surface area (Å²) < 4.78 is 0.821. The second-order valence-electron chi connectivity index (χ2n) is 3.13. The summed E-state index contributed by atoms with van der Waals surface area (Å²) in [4.78, 5) is 0. The van der Waals surface area contributed by atoms with E-state index in [1.165, 1.54) is 0 Å². The summed E-state index contributed by atoms with van der Waals surface area (Å²) in [6.07, 6.45) is 0. The number of hydrogen-bond acceptors (Lipinski definition) is 3. The first kappa shape index (κ1) is 12.9. The minimum absolute atomic E-state index is 0.244. The largest absolute Gasteiger partial charge is 0.353 e. The van der Waals surface area contributed by atoms with Gasteiger partial charge in [-0.05, 0) is 34.1 Å². The molecule has 0 radical (unpaired) electrons. The molecule has 0 aliphatic rings. The van der Waals surface area contributed by atoms with Gasteiger partial charge in [0.25, 0.3) is 0 Å². The molecule has 0 bridgehead atoms. The first-order valence-electron chi connectivity index (χ1n) is 4.47. The molecule has 7 heteroatoms. The van der Waals surface area contributed by atoms with E-state index in [1.54, 1.807) is 12.1 Å². The lowest BCUT2D eigenvalue weighted by Crippen LogP contribution is -1.94. The smallest absolute Gasteiger partial charge is 0.175 e. The highest BCUT2D eigenvalue weighted by Crippen LogP contribution is 2.29. The molecule has 0 aliphatic carbocycles. The fraction of sp³-hybridized carbons (Fsp3) is 0. The average molecular weight is 353 g/mol. The zero-order valence-electron chi connectivity index (χ0n) is 8.22. The SMILES string of the molecule is Clc1cc(Nc2ccc(Br)c(Cl)c2)c(Cl)nn1. The Morgan fingerprint density at radius 3 is 2.53 bits per heavy atom. The maximum Gasteiger partial charge on any atom is 0.175 e. The van der Waals surface area contributed by atoms with Crippen LogP contribution in [0.25, 0.3) is 0 Å². The van der Waals surface area contributed by atoms with Crippen molar-refractivity contribution in [1.82, 2.24) is 10.2 Å². The number of benzene rings is 1. The van der Waals surface area contributed by atoms with Crippen LogP contribution >= 0.6 is 50.7 Å². The molecule has 0 unspecified atom stereocenters. The maximum absolute atomic E-state index is 5.98. The van der Waals surface area contributed by atoms with E-state index in [2.05, 4.69) is 31.4 Å². The molecule has 0 amide bonds. The Balaban J connectivity index is 2.31. The number of anilines is 2. The molecular weight excluding hydrogens is 348 g/mol. The van der Waals surface area contributed by atoms with Crippen LogP contribution < -0.4 is 5.32 Å². The molecule has 3 nitrogen and oxygen atoms in total. The van der Waals surface area contributed by atoms with Gasteiger partial charge in [0.05, 0.1) is 10.7 Å². The number of nitrogens with zero attached hydrogens (tertiary/aromatic N) is 2. The molecule has 1 heterocycles. The van der Waals surface area contributed by atoms with Crippen LogP contribution in [0.4, 0.5) is 11.4 Å². The highest BCUT2D eigenvalue weighted by molar-refractivity contribution is 9.10. The predicted molar refractivity (Wildman–Crippen MR) is 74.5 cm³/mol. The summed E-state index contributed by atoms with van der Waals surface area (Å²) in [6, 6.07) is 7.03. The first-order valence-corrected chi connectivity index (χ1v) is 6.40. The van der Waals surface area contributed by atoms with E-state index in [0.717, 1.165) is 10.2 Å². The van der Waals surface area contributed by atoms with E-state index >= 15 is 0 Å². The van der Waals surface area contributed by atoms with Crippen molar-refractivity contribution in [2.75, 3.05) is 5.32 Å². The Morgan fingerprint density at radius 1 is 1.06 bits per heavy atom. The van der Waals surface area contributed by atoms with Crippen LogP contribution in [0.5, 0.6) is 0 Å². The fourth-order valence-corrected chi connectivity index (χ4v) is 1.88. The van der Waals surface area contributed by atoms with Crippen molar-refractivity contribution in [2.45, 2.75) is 0 Å². The molecule has 0 spiro atoms. The molecule has 88 valence electrons. The van der Waals surface area contributed by atoms with Gasteiger partial charge in [-0.3, -0.25) is 0 Å². The van der Waals surface area contributed by atoms with E-state index in [1.807, 2.05) is 12.1 Å².